The highest BCUT2D eigenvalue weighted by molar-refractivity contribution is 5.65. The molecule has 0 spiro atoms. The number of rotatable bonds is 2. The maximum absolute atomic E-state index is 2.28. The zero-order chi connectivity index (χ0) is 12.7. The molecule has 0 fully saturated rings. The fraction of sp³-hybridized carbons (Fsp3) is 0.294. The minimum atomic E-state index is 1.10. The monoisotopic (exact) mass is 226 g/mol. The summed E-state index contributed by atoms with van der Waals surface area (Å²) >= 11 is 0. The second-order valence-electron chi connectivity index (χ2n) is 3.93. The van der Waals surface area contributed by atoms with Gasteiger partial charge in [-0.15, -0.1) is 0 Å². The van der Waals surface area contributed by atoms with E-state index in [0.29, 0.717) is 0 Å². The predicted molar refractivity (Wildman–Crippen MR) is 77.3 cm³/mol. The fourth-order valence-corrected chi connectivity index (χ4v) is 1.86. The van der Waals surface area contributed by atoms with Gasteiger partial charge in [-0.05, 0) is 30.0 Å². The van der Waals surface area contributed by atoms with Crippen molar-refractivity contribution in [2.75, 3.05) is 0 Å². The number of benzene rings is 2. The summed E-state index contributed by atoms with van der Waals surface area (Å²) in [5.74, 6) is 0. The van der Waals surface area contributed by atoms with Gasteiger partial charge < -0.3 is 0 Å². The molecule has 17 heavy (non-hydrogen) atoms. The fourth-order valence-electron chi connectivity index (χ4n) is 1.86. The molecule has 0 atom stereocenters. The van der Waals surface area contributed by atoms with Gasteiger partial charge in [0.25, 0.3) is 0 Å². The molecule has 0 heterocycles. The van der Waals surface area contributed by atoms with Gasteiger partial charge in [0.1, 0.15) is 0 Å². The van der Waals surface area contributed by atoms with E-state index < -0.39 is 0 Å². The number of hydrogen-bond donors (Lipinski definition) is 0. The Morgan fingerprint density at radius 3 is 2.06 bits per heavy atom. The molecule has 0 saturated heterocycles. The SMILES string of the molecule is CC.CCc1cc(C)cc(-c2ccccc2)c1. The van der Waals surface area contributed by atoms with E-state index in [0.717, 1.165) is 6.42 Å². The van der Waals surface area contributed by atoms with Gasteiger partial charge >= 0.3 is 0 Å². The molecule has 2 aromatic carbocycles. The van der Waals surface area contributed by atoms with Gasteiger partial charge in [0.05, 0.1) is 0 Å². The molecule has 0 saturated carbocycles. The first-order valence-corrected chi connectivity index (χ1v) is 6.45. The van der Waals surface area contributed by atoms with Crippen LogP contribution >= 0.6 is 0 Å². The third kappa shape index (κ3) is 3.74. The van der Waals surface area contributed by atoms with Crippen molar-refractivity contribution < 1.29 is 0 Å². The first kappa shape index (κ1) is 13.5. The maximum atomic E-state index is 2.28. The topological polar surface area (TPSA) is 0 Å². The molecule has 0 N–H and O–H groups in total. The zero-order valence-electron chi connectivity index (χ0n) is 11.3. The van der Waals surface area contributed by atoms with Gasteiger partial charge in [0, 0.05) is 0 Å². The Hall–Kier alpha value is -1.56. The van der Waals surface area contributed by atoms with E-state index in [1.54, 1.807) is 0 Å². The van der Waals surface area contributed by atoms with Gasteiger partial charge in [-0.3, -0.25) is 0 Å². The molecule has 2 aromatic rings. The molecule has 0 heteroatoms. The lowest BCUT2D eigenvalue weighted by Crippen LogP contribution is -1.85. The van der Waals surface area contributed by atoms with Crippen molar-refractivity contribution in [3.05, 3.63) is 59.7 Å². The highest BCUT2D eigenvalue weighted by Gasteiger charge is 1.99. The lowest BCUT2D eigenvalue weighted by molar-refractivity contribution is 1.13. The summed E-state index contributed by atoms with van der Waals surface area (Å²) in [4.78, 5) is 0. The Kier molecular flexibility index (Phi) is 5.48. The second kappa shape index (κ2) is 6.90. The maximum Gasteiger partial charge on any atom is -0.0179 e. The normalized spacial score (nSPS) is 9.41. The van der Waals surface area contributed by atoms with Crippen LogP contribution in [0.2, 0.25) is 0 Å². The Labute approximate surface area is 105 Å². The summed E-state index contributed by atoms with van der Waals surface area (Å²) in [6, 6.07) is 17.3. The number of hydrogen-bond acceptors (Lipinski definition) is 0. The van der Waals surface area contributed by atoms with E-state index >= 15 is 0 Å². The molecule has 90 valence electrons. The number of aryl methyl sites for hydroxylation is 2. The predicted octanol–water partition coefficient (Wildman–Crippen LogP) is 5.25. The van der Waals surface area contributed by atoms with E-state index in [2.05, 4.69) is 62.4 Å². The van der Waals surface area contributed by atoms with Crippen molar-refractivity contribution in [1.29, 1.82) is 0 Å². The van der Waals surface area contributed by atoms with E-state index in [9.17, 15) is 0 Å². The molecule has 0 aliphatic rings. The van der Waals surface area contributed by atoms with Gasteiger partial charge in [0.15, 0.2) is 0 Å². The summed E-state index contributed by atoms with van der Waals surface area (Å²) in [6.07, 6.45) is 1.10. The molecule has 0 aromatic heterocycles. The van der Waals surface area contributed by atoms with Crippen LogP contribution in [0.1, 0.15) is 31.9 Å². The van der Waals surface area contributed by atoms with Crippen molar-refractivity contribution in [2.45, 2.75) is 34.1 Å². The van der Waals surface area contributed by atoms with Gasteiger partial charge in [0.2, 0.25) is 0 Å². The third-order valence-electron chi connectivity index (χ3n) is 2.65. The van der Waals surface area contributed by atoms with Crippen LogP contribution in [-0.4, -0.2) is 0 Å². The first-order valence-electron chi connectivity index (χ1n) is 6.45. The summed E-state index contributed by atoms with van der Waals surface area (Å²) in [7, 11) is 0. The quantitative estimate of drug-likeness (QED) is 0.656. The van der Waals surface area contributed by atoms with Crippen LogP contribution in [0.4, 0.5) is 0 Å². The molecule has 0 aliphatic carbocycles. The zero-order valence-corrected chi connectivity index (χ0v) is 11.3. The van der Waals surface area contributed by atoms with Gasteiger partial charge in [-0.2, -0.15) is 0 Å². The molecular formula is C17H22. The van der Waals surface area contributed by atoms with Gasteiger partial charge in [-0.25, -0.2) is 0 Å². The van der Waals surface area contributed by atoms with Crippen molar-refractivity contribution in [2.24, 2.45) is 0 Å². The first-order chi connectivity index (χ1) is 8.29. The van der Waals surface area contributed by atoms with Crippen LogP contribution in [0.25, 0.3) is 11.1 Å². The molecule has 0 aliphatic heterocycles. The van der Waals surface area contributed by atoms with Crippen molar-refractivity contribution in [3.63, 3.8) is 0 Å². The largest absolute Gasteiger partial charge is 0.0683 e. The molecule has 2 rings (SSSR count). The van der Waals surface area contributed by atoms with E-state index in [1.165, 1.54) is 22.3 Å². The smallest absolute Gasteiger partial charge is 0.0179 e. The van der Waals surface area contributed by atoms with Crippen molar-refractivity contribution >= 4 is 0 Å². The summed E-state index contributed by atoms with van der Waals surface area (Å²) < 4.78 is 0. The van der Waals surface area contributed by atoms with Gasteiger partial charge in [-0.1, -0.05) is 74.9 Å². The summed E-state index contributed by atoms with van der Waals surface area (Å²) in [5.41, 5.74) is 5.38. The molecule has 0 radical (unpaired) electrons. The Bertz CT molecular complexity index is 441. The van der Waals surface area contributed by atoms with Crippen LogP contribution < -0.4 is 0 Å². The highest BCUT2D eigenvalue weighted by Crippen LogP contribution is 2.22. The molecule has 0 unspecified atom stereocenters. The molecule has 0 amide bonds. The average Bonchev–Trinajstić information content (AvgIpc) is 2.41. The van der Waals surface area contributed by atoms with Crippen molar-refractivity contribution in [3.8, 4) is 11.1 Å². The minimum Gasteiger partial charge on any atom is -0.0683 e. The van der Waals surface area contributed by atoms with Crippen molar-refractivity contribution in [1.82, 2.24) is 0 Å². The average molecular weight is 226 g/mol. The Morgan fingerprint density at radius 1 is 0.824 bits per heavy atom. The van der Waals surface area contributed by atoms with E-state index in [4.69, 9.17) is 0 Å². The van der Waals surface area contributed by atoms with Crippen LogP contribution in [0.15, 0.2) is 48.5 Å². The molecule has 0 nitrogen and oxygen atoms in total. The summed E-state index contributed by atoms with van der Waals surface area (Å²) in [5, 5.41) is 0. The highest BCUT2D eigenvalue weighted by atomic mass is 14.0. The summed E-state index contributed by atoms with van der Waals surface area (Å²) in [6.45, 7) is 8.36. The second-order valence-corrected chi connectivity index (χ2v) is 3.93. The molecular weight excluding hydrogens is 204 g/mol. The Balaban J connectivity index is 0.000000686. The standard InChI is InChI=1S/C15H16.C2H6/c1-3-13-9-12(2)10-15(11-13)14-7-5-4-6-8-14;1-2/h4-11H,3H2,1-2H3;1-2H3. The molecule has 0 bridgehead atoms. The van der Waals surface area contributed by atoms with Crippen LogP contribution in [0, 0.1) is 6.92 Å². The Morgan fingerprint density at radius 2 is 1.47 bits per heavy atom. The van der Waals surface area contributed by atoms with E-state index in [-0.39, 0.29) is 0 Å². The van der Waals surface area contributed by atoms with Crippen LogP contribution in [0.3, 0.4) is 0 Å². The van der Waals surface area contributed by atoms with Crippen LogP contribution in [0.5, 0.6) is 0 Å². The van der Waals surface area contributed by atoms with E-state index in [1.807, 2.05) is 13.8 Å². The minimum absolute atomic E-state index is 1.10. The van der Waals surface area contributed by atoms with Crippen LogP contribution in [-0.2, 0) is 6.42 Å². The third-order valence-corrected chi connectivity index (χ3v) is 2.65. The lowest BCUT2D eigenvalue weighted by atomic mass is 9.99. The lowest BCUT2D eigenvalue weighted by Gasteiger charge is -2.06.